The Balaban J connectivity index is 1.54. The summed E-state index contributed by atoms with van der Waals surface area (Å²) < 4.78 is 24.5. The lowest BCUT2D eigenvalue weighted by atomic mass is 9.95. The number of ketones is 1. The highest BCUT2D eigenvalue weighted by molar-refractivity contribution is 6.30. The molecule has 0 spiro atoms. The van der Waals surface area contributed by atoms with Crippen LogP contribution in [0, 0.1) is 5.82 Å². The van der Waals surface area contributed by atoms with Gasteiger partial charge in [-0.1, -0.05) is 48.0 Å². The average molecular weight is 506 g/mol. The average Bonchev–Trinajstić information content (AvgIpc) is 3.43. The molecule has 0 saturated heterocycles. The Morgan fingerprint density at radius 1 is 1.11 bits per heavy atom. The summed E-state index contributed by atoms with van der Waals surface area (Å²) in [5.41, 5.74) is 1.72. The van der Waals surface area contributed by atoms with Crippen molar-refractivity contribution in [3.05, 3.63) is 112 Å². The molecule has 1 aliphatic rings. The van der Waals surface area contributed by atoms with E-state index in [4.69, 9.17) is 20.8 Å². The number of amides is 1. The summed E-state index contributed by atoms with van der Waals surface area (Å²) in [4.78, 5) is 28.3. The molecular weight excluding hydrogens is 485 g/mol. The number of Topliss-reactive ketones (excluding diaryl/α,β-unsaturated/α-hetero) is 1. The first-order chi connectivity index (χ1) is 17.4. The van der Waals surface area contributed by atoms with E-state index in [1.54, 1.807) is 60.7 Å². The van der Waals surface area contributed by atoms with Gasteiger partial charge in [0.25, 0.3) is 5.91 Å². The minimum atomic E-state index is -0.863. The molecule has 1 N–H and O–H groups in total. The van der Waals surface area contributed by atoms with Gasteiger partial charge in [0.15, 0.2) is 22.9 Å². The summed E-state index contributed by atoms with van der Waals surface area (Å²) in [6.07, 6.45) is 0.396. The second-order valence-corrected chi connectivity index (χ2v) is 8.85. The molecule has 2 heterocycles. The molecule has 36 heavy (non-hydrogen) atoms. The second-order valence-electron chi connectivity index (χ2n) is 8.41. The van der Waals surface area contributed by atoms with Gasteiger partial charge in [0.1, 0.15) is 5.82 Å². The van der Waals surface area contributed by atoms with Crippen molar-refractivity contribution >= 4 is 34.3 Å². The zero-order valence-electron chi connectivity index (χ0n) is 19.2. The van der Waals surface area contributed by atoms with Crippen molar-refractivity contribution in [1.82, 2.24) is 4.90 Å². The first-order valence-corrected chi connectivity index (χ1v) is 11.6. The summed E-state index contributed by atoms with van der Waals surface area (Å²) in [6.45, 7) is 0.187. The van der Waals surface area contributed by atoms with Crippen LogP contribution >= 0.6 is 11.6 Å². The van der Waals surface area contributed by atoms with Crippen LogP contribution in [0.15, 0.2) is 88.5 Å². The second kappa shape index (κ2) is 9.51. The van der Waals surface area contributed by atoms with Gasteiger partial charge in [0, 0.05) is 17.0 Å². The van der Waals surface area contributed by atoms with E-state index in [9.17, 15) is 19.1 Å². The third-order valence-electron chi connectivity index (χ3n) is 6.24. The lowest BCUT2D eigenvalue weighted by Gasteiger charge is -2.26. The van der Waals surface area contributed by atoms with Crippen molar-refractivity contribution in [2.24, 2.45) is 0 Å². The van der Waals surface area contributed by atoms with Gasteiger partial charge in [-0.25, -0.2) is 4.39 Å². The Labute approximate surface area is 211 Å². The number of benzene rings is 3. The maximum Gasteiger partial charge on any atom is 0.290 e. The van der Waals surface area contributed by atoms with E-state index in [0.717, 1.165) is 5.56 Å². The number of carbonyl (C=O) groups is 2. The summed E-state index contributed by atoms with van der Waals surface area (Å²) in [7, 11) is 1.50. The van der Waals surface area contributed by atoms with Crippen LogP contribution in [0.5, 0.6) is 5.75 Å². The Morgan fingerprint density at radius 3 is 2.53 bits per heavy atom. The highest BCUT2D eigenvalue weighted by Crippen LogP contribution is 2.40. The predicted molar refractivity (Wildman–Crippen MR) is 133 cm³/mol. The Hall–Kier alpha value is -4.10. The third kappa shape index (κ3) is 4.22. The van der Waals surface area contributed by atoms with E-state index in [-0.39, 0.29) is 23.7 Å². The summed E-state index contributed by atoms with van der Waals surface area (Å²) in [6, 6.07) is 18.6. The summed E-state index contributed by atoms with van der Waals surface area (Å²) >= 11 is 6.07. The fraction of sp³-hybridized carbons (Fsp3) is 0.143. The highest BCUT2D eigenvalue weighted by Gasteiger charge is 2.44. The molecule has 5 rings (SSSR count). The zero-order valence-corrected chi connectivity index (χ0v) is 20.0. The number of carbonyl (C=O) groups excluding carboxylic acids is 2. The van der Waals surface area contributed by atoms with Crippen LogP contribution in [0.3, 0.4) is 0 Å². The maximum absolute atomic E-state index is 13.7. The Bertz CT molecular complexity index is 1490. The summed E-state index contributed by atoms with van der Waals surface area (Å²) in [5, 5.41) is 12.0. The third-order valence-corrected chi connectivity index (χ3v) is 6.49. The number of hydrogen-bond acceptors (Lipinski definition) is 5. The van der Waals surface area contributed by atoms with E-state index < -0.39 is 23.5 Å². The minimum Gasteiger partial charge on any atom is -0.503 e. The van der Waals surface area contributed by atoms with Crippen molar-refractivity contribution < 1.29 is 28.2 Å². The normalized spacial score (nSPS) is 15.7. The molecule has 3 aromatic carbocycles. The molecule has 8 heteroatoms. The van der Waals surface area contributed by atoms with Crippen LogP contribution < -0.4 is 4.74 Å². The lowest BCUT2D eigenvalue weighted by molar-refractivity contribution is -0.129. The van der Waals surface area contributed by atoms with Crippen LogP contribution in [0.1, 0.15) is 27.7 Å². The fourth-order valence-corrected chi connectivity index (χ4v) is 4.58. The zero-order chi connectivity index (χ0) is 25.4. The molecule has 1 amide bonds. The van der Waals surface area contributed by atoms with Crippen molar-refractivity contribution in [3.63, 3.8) is 0 Å². The van der Waals surface area contributed by atoms with Crippen molar-refractivity contribution in [2.75, 3.05) is 13.7 Å². The number of nitrogens with zero attached hydrogens (tertiary/aromatic N) is 1. The van der Waals surface area contributed by atoms with Crippen molar-refractivity contribution in [2.45, 2.75) is 12.5 Å². The number of para-hydroxylation sites is 1. The molecule has 1 unspecified atom stereocenters. The van der Waals surface area contributed by atoms with Crippen LogP contribution in [0.4, 0.5) is 4.39 Å². The molecular formula is C28H21ClFNO5. The van der Waals surface area contributed by atoms with Gasteiger partial charge in [-0.2, -0.15) is 0 Å². The van der Waals surface area contributed by atoms with E-state index in [1.165, 1.54) is 24.1 Å². The predicted octanol–water partition coefficient (Wildman–Crippen LogP) is 6.05. The molecule has 4 aromatic rings. The topological polar surface area (TPSA) is 80.0 Å². The van der Waals surface area contributed by atoms with E-state index >= 15 is 0 Å². The Kier molecular flexibility index (Phi) is 6.24. The van der Waals surface area contributed by atoms with Gasteiger partial charge in [-0.3, -0.25) is 9.59 Å². The number of hydrogen-bond donors (Lipinski definition) is 1. The van der Waals surface area contributed by atoms with Crippen LogP contribution in [-0.4, -0.2) is 35.4 Å². The molecule has 1 atom stereocenters. The van der Waals surface area contributed by atoms with Gasteiger partial charge in [0.2, 0.25) is 5.78 Å². The van der Waals surface area contributed by atoms with Crippen molar-refractivity contribution in [3.8, 4) is 5.75 Å². The number of furan rings is 1. The standard InChI is InChI=1S/C28H21ClFNO5/c1-35-21-4-2-3-18-15-22(36-27(18)21)25(32)23-24(17-7-9-19(29)10-8-17)31(28(34)26(23)33)14-13-16-5-11-20(30)12-6-16/h2-12,15,24,33H,13-14H2,1H3. The number of halogens is 2. The lowest BCUT2D eigenvalue weighted by Crippen LogP contribution is -2.33. The van der Waals surface area contributed by atoms with Gasteiger partial charge in [0.05, 0.1) is 18.7 Å². The van der Waals surface area contributed by atoms with Crippen LogP contribution in [-0.2, 0) is 11.2 Å². The number of methoxy groups -OCH3 is 1. The smallest absolute Gasteiger partial charge is 0.290 e. The van der Waals surface area contributed by atoms with Crippen molar-refractivity contribution in [1.29, 1.82) is 0 Å². The SMILES string of the molecule is COc1cccc2cc(C(=O)C3=C(O)C(=O)N(CCc4ccc(F)cc4)C3c3ccc(Cl)cc3)oc12. The quantitative estimate of drug-likeness (QED) is 0.309. The molecule has 0 aliphatic carbocycles. The van der Waals surface area contributed by atoms with E-state index in [1.807, 2.05) is 0 Å². The fourth-order valence-electron chi connectivity index (χ4n) is 4.45. The minimum absolute atomic E-state index is 0.0248. The molecule has 0 bridgehead atoms. The maximum atomic E-state index is 13.7. The Morgan fingerprint density at radius 2 is 1.83 bits per heavy atom. The van der Waals surface area contributed by atoms with E-state index in [2.05, 4.69) is 0 Å². The first-order valence-electron chi connectivity index (χ1n) is 11.2. The van der Waals surface area contributed by atoms with E-state index in [0.29, 0.717) is 33.7 Å². The van der Waals surface area contributed by atoms with Crippen LogP contribution in [0.25, 0.3) is 11.0 Å². The number of aliphatic hydroxyl groups excluding tert-OH is 1. The van der Waals surface area contributed by atoms with Gasteiger partial charge in [-0.05, 0) is 53.9 Å². The molecule has 1 aromatic heterocycles. The molecule has 0 saturated carbocycles. The molecule has 0 fully saturated rings. The van der Waals surface area contributed by atoms with Gasteiger partial charge < -0.3 is 19.2 Å². The number of ether oxygens (including phenoxy) is 1. The molecule has 182 valence electrons. The first kappa shape index (κ1) is 23.6. The number of aliphatic hydroxyl groups is 1. The molecule has 6 nitrogen and oxygen atoms in total. The number of fused-ring (bicyclic) bond motifs is 1. The summed E-state index contributed by atoms with van der Waals surface area (Å²) in [5.74, 6) is -1.83. The largest absolute Gasteiger partial charge is 0.503 e. The number of rotatable bonds is 7. The monoisotopic (exact) mass is 505 g/mol. The molecule has 0 radical (unpaired) electrons. The van der Waals surface area contributed by atoms with Gasteiger partial charge >= 0.3 is 0 Å². The highest BCUT2D eigenvalue weighted by atomic mass is 35.5. The van der Waals surface area contributed by atoms with Gasteiger partial charge in [-0.15, -0.1) is 0 Å². The molecule has 1 aliphatic heterocycles. The van der Waals surface area contributed by atoms with Crippen LogP contribution in [0.2, 0.25) is 5.02 Å².